The molecule has 2 heterocycles. The number of hydrogen-bond donors (Lipinski definition) is 0. The van der Waals surface area contributed by atoms with Crippen molar-refractivity contribution in [1.29, 1.82) is 0 Å². The highest BCUT2D eigenvalue weighted by atomic mass is 79.9. The van der Waals surface area contributed by atoms with Gasteiger partial charge in [0, 0.05) is 47.0 Å². The fraction of sp³-hybridized carbons (Fsp3) is 0.250. The van der Waals surface area contributed by atoms with E-state index in [1.54, 1.807) is 0 Å². The van der Waals surface area contributed by atoms with Gasteiger partial charge >= 0.3 is 0 Å². The molecule has 0 saturated carbocycles. The van der Waals surface area contributed by atoms with E-state index in [1.807, 2.05) is 72.8 Å². The minimum Gasteiger partial charge on any atom is -0.268 e. The van der Waals surface area contributed by atoms with Crippen LogP contribution in [0.1, 0.15) is 143 Å². The van der Waals surface area contributed by atoms with E-state index >= 15 is 0 Å². The Morgan fingerprint density at radius 2 is 0.714 bits per heavy atom. The van der Waals surface area contributed by atoms with Gasteiger partial charge in [-0.2, -0.15) is 0 Å². The first kappa shape index (κ1) is 36.7. The zero-order valence-electron chi connectivity index (χ0n) is 32.5. The van der Waals surface area contributed by atoms with Crippen molar-refractivity contribution < 1.29 is 19.2 Å². The molecule has 2 aliphatic heterocycles. The third-order valence-electron chi connectivity index (χ3n) is 11.9. The highest BCUT2D eigenvalue weighted by Gasteiger charge is 2.41. The molecule has 2 aliphatic rings. The molecule has 0 saturated heterocycles. The maximum atomic E-state index is 14.8. The Balaban J connectivity index is 1.33. The van der Waals surface area contributed by atoms with Crippen molar-refractivity contribution in [2.24, 2.45) is 0 Å². The summed E-state index contributed by atoms with van der Waals surface area (Å²) in [7, 11) is 0. The summed E-state index contributed by atoms with van der Waals surface area (Å²) in [6.07, 6.45) is 0. The summed E-state index contributed by atoms with van der Waals surface area (Å²) in [6.45, 7) is 16.6. The van der Waals surface area contributed by atoms with Crippen LogP contribution in [0, 0.1) is 0 Å². The lowest BCUT2D eigenvalue weighted by atomic mass is 9.81. The zero-order valence-corrected chi connectivity index (χ0v) is 35.7. The third kappa shape index (κ3) is 4.84. The molecule has 0 bridgehead atoms. The Bertz CT molecular complexity index is 2760. The average molecular weight is 869 g/mol. The molecule has 8 heteroatoms. The quantitative estimate of drug-likeness (QED) is 0.0948. The standard InChI is InChI=1S/C48H40Br2N2O4/c1-21(2)25-11-9-12-26(22(3)4)43(25)51-45(53)31-17-15-29-37-30(16-18-32(38(31)37)46(51)54)41-36(50)20-34-39-33(19-35(49)40(29)42(39)41)47(55)52(48(34)56)44-27(23(5)6)13-10-14-28(44)24(7)8/h9-24H,1-8H3. The maximum absolute atomic E-state index is 14.8. The molecule has 0 aliphatic carbocycles. The number of amides is 4. The van der Waals surface area contributed by atoms with Crippen LogP contribution in [-0.4, -0.2) is 23.6 Å². The number of carbonyl (C=O) groups is 4. The van der Waals surface area contributed by atoms with E-state index in [0.29, 0.717) is 53.3 Å². The minimum absolute atomic E-state index is 0.0752. The number of halogens is 2. The van der Waals surface area contributed by atoms with E-state index in [4.69, 9.17) is 0 Å². The summed E-state index contributed by atoms with van der Waals surface area (Å²) in [4.78, 5) is 62.0. The molecule has 0 spiro atoms. The average Bonchev–Trinajstić information content (AvgIpc) is 3.15. The van der Waals surface area contributed by atoms with Gasteiger partial charge < -0.3 is 0 Å². The first-order valence-corrected chi connectivity index (χ1v) is 20.9. The predicted octanol–water partition coefficient (Wildman–Crippen LogP) is 13.4. The van der Waals surface area contributed by atoms with Crippen LogP contribution in [-0.2, 0) is 0 Å². The molecular weight excluding hydrogens is 828 g/mol. The van der Waals surface area contributed by atoms with Crippen LogP contribution in [0.15, 0.2) is 81.7 Å². The number of anilines is 2. The van der Waals surface area contributed by atoms with Crippen LogP contribution in [0.2, 0.25) is 0 Å². The van der Waals surface area contributed by atoms with Gasteiger partial charge in [-0.25, -0.2) is 9.80 Å². The van der Waals surface area contributed by atoms with Gasteiger partial charge in [-0.3, -0.25) is 19.2 Å². The van der Waals surface area contributed by atoms with Crippen molar-refractivity contribution in [2.75, 3.05) is 9.80 Å². The van der Waals surface area contributed by atoms with Crippen LogP contribution in [0.25, 0.3) is 43.1 Å². The van der Waals surface area contributed by atoms with Crippen molar-refractivity contribution in [1.82, 2.24) is 0 Å². The molecule has 0 atom stereocenters. The van der Waals surface area contributed by atoms with E-state index in [1.165, 1.54) is 9.80 Å². The lowest BCUT2D eigenvalue weighted by molar-refractivity contribution is 0.0877. The number of fused-ring (bicyclic) bond motifs is 2. The number of nitrogens with zero attached hydrogens (tertiary/aromatic N) is 2. The van der Waals surface area contributed by atoms with Crippen LogP contribution < -0.4 is 9.80 Å². The number of rotatable bonds is 6. The Labute approximate surface area is 342 Å². The molecular formula is C48H40Br2N2O4. The Morgan fingerprint density at radius 3 is 1.05 bits per heavy atom. The first-order valence-electron chi connectivity index (χ1n) is 19.3. The summed E-state index contributed by atoms with van der Waals surface area (Å²) in [5, 5.41) is 6.06. The number of hydrogen-bond acceptors (Lipinski definition) is 4. The van der Waals surface area contributed by atoms with Crippen molar-refractivity contribution >= 4 is 110 Å². The topological polar surface area (TPSA) is 74.8 Å². The lowest BCUT2D eigenvalue weighted by Crippen LogP contribution is -2.42. The van der Waals surface area contributed by atoms with Crippen LogP contribution in [0.4, 0.5) is 11.4 Å². The number of para-hydroxylation sites is 2. The fourth-order valence-electron chi connectivity index (χ4n) is 9.32. The summed E-state index contributed by atoms with van der Waals surface area (Å²) in [5.41, 5.74) is 6.89. The van der Waals surface area contributed by atoms with E-state index in [0.717, 1.165) is 54.6 Å². The Morgan fingerprint density at radius 1 is 0.393 bits per heavy atom. The lowest BCUT2D eigenvalue weighted by Gasteiger charge is -2.34. The summed E-state index contributed by atoms with van der Waals surface area (Å²) in [6, 6.07) is 23.3. The Hall–Kier alpha value is -4.92. The second kappa shape index (κ2) is 12.8. The van der Waals surface area contributed by atoms with Gasteiger partial charge in [0.15, 0.2) is 0 Å². The van der Waals surface area contributed by atoms with Gasteiger partial charge in [0.05, 0.1) is 22.5 Å². The van der Waals surface area contributed by atoms with Crippen LogP contribution >= 0.6 is 31.9 Å². The molecule has 0 unspecified atom stereocenters. The monoisotopic (exact) mass is 866 g/mol. The predicted molar refractivity (Wildman–Crippen MR) is 235 cm³/mol. The molecule has 6 nitrogen and oxygen atoms in total. The molecule has 0 N–H and O–H groups in total. The second-order valence-corrected chi connectivity index (χ2v) is 18.2. The minimum atomic E-state index is -0.368. The van der Waals surface area contributed by atoms with Crippen molar-refractivity contribution in [2.45, 2.75) is 79.1 Å². The van der Waals surface area contributed by atoms with Gasteiger partial charge in [-0.1, -0.05) is 136 Å². The van der Waals surface area contributed by atoms with Gasteiger partial charge in [0.2, 0.25) is 0 Å². The first-order chi connectivity index (χ1) is 26.6. The largest absolute Gasteiger partial charge is 0.268 e. The molecule has 0 aromatic heterocycles. The van der Waals surface area contributed by atoms with Crippen molar-refractivity contribution in [3.05, 3.63) is 126 Å². The van der Waals surface area contributed by atoms with Crippen LogP contribution in [0.3, 0.4) is 0 Å². The van der Waals surface area contributed by atoms with E-state index < -0.39 is 0 Å². The molecule has 0 radical (unpaired) electrons. The fourth-order valence-corrected chi connectivity index (χ4v) is 10.6. The van der Waals surface area contributed by atoms with E-state index in [2.05, 4.69) is 87.2 Å². The molecule has 0 fully saturated rings. The van der Waals surface area contributed by atoms with E-state index in [-0.39, 0.29) is 47.3 Å². The van der Waals surface area contributed by atoms with Gasteiger partial charge in [0.25, 0.3) is 23.6 Å². The molecule has 280 valence electrons. The van der Waals surface area contributed by atoms with Gasteiger partial charge in [0.1, 0.15) is 0 Å². The zero-order chi connectivity index (χ0) is 39.8. The Kier molecular flexibility index (Phi) is 8.39. The van der Waals surface area contributed by atoms with Crippen LogP contribution in [0.5, 0.6) is 0 Å². The smallest absolute Gasteiger partial charge is 0.266 e. The second-order valence-electron chi connectivity index (χ2n) is 16.5. The molecule has 56 heavy (non-hydrogen) atoms. The summed E-state index contributed by atoms with van der Waals surface area (Å²) in [5.74, 6) is -1.12. The summed E-state index contributed by atoms with van der Waals surface area (Å²) >= 11 is 7.77. The van der Waals surface area contributed by atoms with Gasteiger partial charge in [-0.05, 0) is 86.3 Å². The van der Waals surface area contributed by atoms with Gasteiger partial charge in [-0.15, -0.1) is 0 Å². The number of benzene rings is 7. The number of imide groups is 2. The number of carbonyl (C=O) groups excluding carboxylic acids is 4. The summed E-state index contributed by atoms with van der Waals surface area (Å²) < 4.78 is 1.37. The highest BCUT2D eigenvalue weighted by Crippen LogP contribution is 2.52. The SMILES string of the molecule is CC(C)c1cccc(C(C)C)c1N1C(=O)c2ccc3c4c(Br)cc5c6c(cc(Br)c(c7ccc(c2c37)C1=O)c64)C(=O)N(c1c(C(C)C)cccc1C(C)C)C5=O. The molecule has 4 amide bonds. The normalized spacial score (nSPS) is 14.6. The maximum Gasteiger partial charge on any atom is 0.266 e. The highest BCUT2D eigenvalue weighted by molar-refractivity contribution is 9.11. The van der Waals surface area contributed by atoms with E-state index in [9.17, 15) is 19.2 Å². The molecule has 7 aromatic rings. The molecule has 9 rings (SSSR count). The van der Waals surface area contributed by atoms with Crippen molar-refractivity contribution in [3.63, 3.8) is 0 Å². The van der Waals surface area contributed by atoms with Crippen molar-refractivity contribution in [3.8, 4) is 0 Å². The third-order valence-corrected chi connectivity index (χ3v) is 13.1. The molecule has 7 aromatic carbocycles.